The molecule has 122 valence electrons. The van der Waals surface area contributed by atoms with Crippen molar-refractivity contribution < 1.29 is 9.57 Å². The van der Waals surface area contributed by atoms with E-state index < -0.39 is 0 Å². The Morgan fingerprint density at radius 1 is 1.04 bits per heavy atom. The zero-order valence-electron chi connectivity index (χ0n) is 14.2. The number of fused-ring (bicyclic) bond motifs is 1. The minimum atomic E-state index is -0.383. The SMILES string of the molecule is CON1CC(Cc2ccc(N(C)C)cc2)(OC)c2ccccc21. The van der Waals surface area contributed by atoms with Gasteiger partial charge < -0.3 is 9.64 Å². The van der Waals surface area contributed by atoms with Gasteiger partial charge in [0.15, 0.2) is 0 Å². The molecule has 0 amide bonds. The molecule has 0 saturated carbocycles. The van der Waals surface area contributed by atoms with Crippen molar-refractivity contribution in [1.82, 2.24) is 0 Å². The maximum absolute atomic E-state index is 6.01. The Kier molecular flexibility index (Phi) is 4.28. The van der Waals surface area contributed by atoms with E-state index >= 15 is 0 Å². The van der Waals surface area contributed by atoms with E-state index in [9.17, 15) is 0 Å². The number of rotatable bonds is 5. The largest absolute Gasteiger partial charge is 0.378 e. The standard InChI is InChI=1S/C19H24N2O2/c1-20(2)16-11-9-15(10-12-16)13-19(22-3)14-21(23-4)18-8-6-5-7-17(18)19/h5-12H,13-14H2,1-4H3. The van der Waals surface area contributed by atoms with Gasteiger partial charge in [0.05, 0.1) is 19.3 Å². The summed E-state index contributed by atoms with van der Waals surface area (Å²) in [7, 11) is 7.59. The van der Waals surface area contributed by atoms with Crippen LogP contribution >= 0.6 is 0 Å². The van der Waals surface area contributed by atoms with Gasteiger partial charge in [-0.15, -0.1) is 0 Å². The van der Waals surface area contributed by atoms with Crippen molar-refractivity contribution in [2.45, 2.75) is 12.0 Å². The molecule has 0 radical (unpaired) electrons. The molecule has 0 spiro atoms. The molecular formula is C19H24N2O2. The Bertz CT molecular complexity index is 669. The van der Waals surface area contributed by atoms with Crippen LogP contribution in [0.4, 0.5) is 11.4 Å². The molecule has 2 aromatic rings. The Balaban J connectivity index is 1.93. The van der Waals surface area contributed by atoms with Gasteiger partial charge >= 0.3 is 0 Å². The number of methoxy groups -OCH3 is 1. The van der Waals surface area contributed by atoms with E-state index in [2.05, 4.69) is 61.5 Å². The summed E-state index contributed by atoms with van der Waals surface area (Å²) in [6.45, 7) is 0.689. The van der Waals surface area contributed by atoms with Crippen molar-refractivity contribution >= 4 is 11.4 Å². The topological polar surface area (TPSA) is 24.9 Å². The summed E-state index contributed by atoms with van der Waals surface area (Å²) in [5.74, 6) is 0. The van der Waals surface area contributed by atoms with E-state index in [1.165, 1.54) is 16.8 Å². The molecule has 4 heteroatoms. The summed E-state index contributed by atoms with van der Waals surface area (Å²) in [4.78, 5) is 7.63. The minimum absolute atomic E-state index is 0.383. The lowest BCUT2D eigenvalue weighted by Crippen LogP contribution is -2.37. The number of hydrogen-bond acceptors (Lipinski definition) is 4. The zero-order valence-corrected chi connectivity index (χ0v) is 14.2. The van der Waals surface area contributed by atoms with Gasteiger partial charge in [-0.2, -0.15) is 0 Å². The Morgan fingerprint density at radius 3 is 2.35 bits per heavy atom. The molecule has 23 heavy (non-hydrogen) atoms. The highest BCUT2D eigenvalue weighted by molar-refractivity contribution is 5.60. The predicted octanol–water partition coefficient (Wildman–Crippen LogP) is 3.22. The fraction of sp³-hybridized carbons (Fsp3) is 0.368. The first-order valence-corrected chi connectivity index (χ1v) is 7.82. The fourth-order valence-corrected chi connectivity index (χ4v) is 3.28. The number of nitrogens with zero attached hydrogens (tertiary/aromatic N) is 2. The maximum Gasteiger partial charge on any atom is 0.119 e. The lowest BCUT2D eigenvalue weighted by molar-refractivity contribution is -0.0147. The van der Waals surface area contributed by atoms with Crippen molar-refractivity contribution in [3.63, 3.8) is 0 Å². The van der Waals surface area contributed by atoms with Crippen molar-refractivity contribution in [3.05, 3.63) is 59.7 Å². The summed E-state index contributed by atoms with van der Waals surface area (Å²) in [6, 6.07) is 16.9. The quantitative estimate of drug-likeness (QED) is 0.846. The Hall–Kier alpha value is -2.04. The van der Waals surface area contributed by atoms with E-state index in [1.807, 2.05) is 11.1 Å². The van der Waals surface area contributed by atoms with E-state index in [4.69, 9.17) is 9.57 Å². The van der Waals surface area contributed by atoms with Gasteiger partial charge in [0.25, 0.3) is 0 Å². The predicted molar refractivity (Wildman–Crippen MR) is 94.0 cm³/mol. The van der Waals surface area contributed by atoms with Crippen LogP contribution in [0.25, 0.3) is 0 Å². The molecule has 0 N–H and O–H groups in total. The number of anilines is 2. The number of para-hydroxylation sites is 1. The lowest BCUT2D eigenvalue weighted by Gasteiger charge is -2.29. The first-order valence-electron chi connectivity index (χ1n) is 7.82. The average Bonchev–Trinajstić information content (AvgIpc) is 2.90. The van der Waals surface area contributed by atoms with E-state index in [-0.39, 0.29) is 5.60 Å². The van der Waals surface area contributed by atoms with Crippen molar-refractivity contribution in [2.24, 2.45) is 0 Å². The van der Waals surface area contributed by atoms with Crippen LogP contribution in [0.2, 0.25) is 0 Å². The molecule has 2 aromatic carbocycles. The summed E-state index contributed by atoms with van der Waals surface area (Å²) in [5, 5.41) is 1.91. The molecule has 1 unspecified atom stereocenters. The van der Waals surface area contributed by atoms with Gasteiger partial charge in [-0.05, 0) is 23.8 Å². The molecule has 0 aromatic heterocycles. The van der Waals surface area contributed by atoms with Gasteiger partial charge in [-0.3, -0.25) is 9.90 Å². The van der Waals surface area contributed by atoms with E-state index in [1.54, 1.807) is 14.2 Å². The molecule has 0 bridgehead atoms. The minimum Gasteiger partial charge on any atom is -0.378 e. The molecule has 1 aliphatic heterocycles. The maximum atomic E-state index is 6.01. The van der Waals surface area contributed by atoms with Gasteiger partial charge in [-0.25, -0.2) is 0 Å². The third-order valence-corrected chi connectivity index (χ3v) is 4.62. The van der Waals surface area contributed by atoms with Crippen molar-refractivity contribution in [2.75, 3.05) is 44.8 Å². The third-order valence-electron chi connectivity index (χ3n) is 4.62. The van der Waals surface area contributed by atoms with E-state index in [0.29, 0.717) is 6.54 Å². The van der Waals surface area contributed by atoms with Crippen LogP contribution < -0.4 is 9.96 Å². The molecule has 1 atom stereocenters. The van der Waals surface area contributed by atoms with Crippen LogP contribution in [0, 0.1) is 0 Å². The third kappa shape index (κ3) is 2.80. The highest BCUT2D eigenvalue weighted by Gasteiger charge is 2.43. The van der Waals surface area contributed by atoms with Gasteiger partial charge in [-0.1, -0.05) is 30.3 Å². The van der Waals surface area contributed by atoms with Crippen LogP contribution in [0.15, 0.2) is 48.5 Å². The summed E-state index contributed by atoms with van der Waals surface area (Å²) in [5.41, 5.74) is 4.34. The first-order chi connectivity index (χ1) is 11.1. The molecule has 0 saturated heterocycles. The summed E-state index contributed by atoms with van der Waals surface area (Å²) >= 11 is 0. The molecule has 1 heterocycles. The van der Waals surface area contributed by atoms with Gasteiger partial charge in [0, 0.05) is 38.9 Å². The molecule has 0 aliphatic carbocycles. The molecule has 0 fully saturated rings. The second-order valence-electron chi connectivity index (χ2n) is 6.17. The second kappa shape index (κ2) is 6.22. The Morgan fingerprint density at radius 2 is 1.74 bits per heavy atom. The highest BCUT2D eigenvalue weighted by atomic mass is 16.7. The van der Waals surface area contributed by atoms with Crippen LogP contribution in [0.5, 0.6) is 0 Å². The molecule has 3 rings (SSSR count). The first kappa shape index (κ1) is 15.8. The molecule has 1 aliphatic rings. The number of ether oxygens (including phenoxy) is 1. The van der Waals surface area contributed by atoms with Crippen molar-refractivity contribution in [1.29, 1.82) is 0 Å². The highest BCUT2D eigenvalue weighted by Crippen LogP contribution is 2.43. The van der Waals surface area contributed by atoms with Crippen LogP contribution in [-0.4, -0.2) is 34.9 Å². The van der Waals surface area contributed by atoms with Gasteiger partial charge in [0.2, 0.25) is 0 Å². The number of hydrogen-bond donors (Lipinski definition) is 0. The Labute approximate surface area is 138 Å². The monoisotopic (exact) mass is 312 g/mol. The van der Waals surface area contributed by atoms with E-state index in [0.717, 1.165) is 12.1 Å². The van der Waals surface area contributed by atoms with Crippen LogP contribution in [0.1, 0.15) is 11.1 Å². The van der Waals surface area contributed by atoms with Crippen molar-refractivity contribution in [3.8, 4) is 0 Å². The fourth-order valence-electron chi connectivity index (χ4n) is 3.28. The summed E-state index contributed by atoms with van der Waals surface area (Å²) < 4.78 is 6.01. The smallest absolute Gasteiger partial charge is 0.119 e. The molecule has 4 nitrogen and oxygen atoms in total. The normalized spacial score (nSPS) is 19.7. The van der Waals surface area contributed by atoms with Crippen LogP contribution in [-0.2, 0) is 21.6 Å². The zero-order chi connectivity index (χ0) is 16.4. The second-order valence-corrected chi connectivity index (χ2v) is 6.17. The lowest BCUT2D eigenvalue weighted by atomic mass is 9.88. The number of benzene rings is 2. The summed E-state index contributed by atoms with van der Waals surface area (Å²) in [6.07, 6.45) is 0.814. The number of hydroxylamine groups is 1. The molecular weight excluding hydrogens is 288 g/mol. The van der Waals surface area contributed by atoms with Crippen LogP contribution in [0.3, 0.4) is 0 Å². The average molecular weight is 312 g/mol. The van der Waals surface area contributed by atoms with Gasteiger partial charge in [0.1, 0.15) is 5.60 Å².